The molecule has 1 aromatic rings. The maximum Gasteiger partial charge on any atom is 0.419 e. The van der Waals surface area contributed by atoms with E-state index in [4.69, 9.17) is 9.94 Å². The molecule has 0 amide bonds. The number of benzene rings is 1. The second kappa shape index (κ2) is 3.36. The van der Waals surface area contributed by atoms with Crippen LogP contribution in [-0.2, 0) is 6.18 Å². The first kappa shape index (κ1) is 10.7. The molecule has 7 heteroatoms. The SMILES string of the molecule is O/N=C1/COc2c1ccc(C(F)(F)F)c2F. The zero-order chi connectivity index (χ0) is 11.9. The van der Waals surface area contributed by atoms with Crippen molar-refractivity contribution in [3.05, 3.63) is 29.1 Å². The largest absolute Gasteiger partial charge is 0.483 e. The zero-order valence-electron chi connectivity index (χ0n) is 7.68. The van der Waals surface area contributed by atoms with Crippen LogP contribution in [0.4, 0.5) is 17.6 Å². The summed E-state index contributed by atoms with van der Waals surface area (Å²) >= 11 is 0. The molecule has 3 nitrogen and oxygen atoms in total. The number of halogens is 4. The van der Waals surface area contributed by atoms with E-state index in [0.29, 0.717) is 6.07 Å². The number of ether oxygens (including phenoxy) is 1. The lowest BCUT2D eigenvalue weighted by Gasteiger charge is -2.09. The van der Waals surface area contributed by atoms with Crippen LogP contribution < -0.4 is 4.74 Å². The van der Waals surface area contributed by atoms with Gasteiger partial charge in [-0.1, -0.05) is 5.16 Å². The van der Waals surface area contributed by atoms with Crippen molar-refractivity contribution in [2.75, 3.05) is 6.61 Å². The summed E-state index contributed by atoms with van der Waals surface area (Å²) in [6.07, 6.45) is -4.78. The molecule has 0 bridgehead atoms. The van der Waals surface area contributed by atoms with Crippen molar-refractivity contribution in [3.63, 3.8) is 0 Å². The molecule has 1 aliphatic heterocycles. The van der Waals surface area contributed by atoms with Crippen LogP contribution in [0.2, 0.25) is 0 Å². The quantitative estimate of drug-likeness (QED) is 0.426. The standard InChI is InChI=1S/C9H5F4NO2/c10-7-5(9(11,12)13)2-1-4-6(14-15)3-16-8(4)7/h1-2,15H,3H2/b14-6-. The van der Waals surface area contributed by atoms with E-state index in [-0.39, 0.29) is 17.9 Å². The van der Waals surface area contributed by atoms with Gasteiger partial charge in [0.1, 0.15) is 12.3 Å². The first-order valence-electron chi connectivity index (χ1n) is 4.19. The molecule has 0 saturated heterocycles. The van der Waals surface area contributed by atoms with Gasteiger partial charge < -0.3 is 9.94 Å². The van der Waals surface area contributed by atoms with E-state index >= 15 is 0 Å². The Morgan fingerprint density at radius 3 is 2.56 bits per heavy atom. The van der Waals surface area contributed by atoms with Crippen molar-refractivity contribution in [3.8, 4) is 5.75 Å². The molecule has 0 aromatic heterocycles. The van der Waals surface area contributed by atoms with Crippen molar-refractivity contribution in [2.24, 2.45) is 5.16 Å². The third-order valence-electron chi connectivity index (χ3n) is 2.19. The van der Waals surface area contributed by atoms with Gasteiger partial charge in [-0.25, -0.2) is 4.39 Å². The van der Waals surface area contributed by atoms with E-state index in [1.165, 1.54) is 0 Å². The number of alkyl halides is 3. The highest BCUT2D eigenvalue weighted by Gasteiger charge is 2.38. The van der Waals surface area contributed by atoms with Crippen LogP contribution in [0.1, 0.15) is 11.1 Å². The fourth-order valence-corrected chi connectivity index (χ4v) is 1.44. The van der Waals surface area contributed by atoms with Gasteiger partial charge in [-0.15, -0.1) is 0 Å². The van der Waals surface area contributed by atoms with E-state index in [9.17, 15) is 17.6 Å². The number of rotatable bonds is 0. The molecule has 0 unspecified atom stereocenters. The second-order valence-corrected chi connectivity index (χ2v) is 3.14. The fourth-order valence-electron chi connectivity index (χ4n) is 1.44. The van der Waals surface area contributed by atoms with Gasteiger partial charge in [0.05, 0.1) is 5.56 Å². The Bertz CT molecular complexity index is 467. The third-order valence-corrected chi connectivity index (χ3v) is 2.19. The van der Waals surface area contributed by atoms with Crippen LogP contribution in [0, 0.1) is 5.82 Å². The van der Waals surface area contributed by atoms with Crippen LogP contribution in [0.15, 0.2) is 17.3 Å². The predicted octanol–water partition coefficient (Wildman–Crippen LogP) is 2.42. The summed E-state index contributed by atoms with van der Waals surface area (Å²) in [5.74, 6) is -2.01. The molecule has 0 atom stereocenters. The second-order valence-electron chi connectivity index (χ2n) is 3.14. The van der Waals surface area contributed by atoms with Gasteiger partial charge in [-0.3, -0.25) is 0 Å². The predicted molar refractivity (Wildman–Crippen MR) is 45.2 cm³/mol. The van der Waals surface area contributed by atoms with Gasteiger partial charge in [0.2, 0.25) is 0 Å². The van der Waals surface area contributed by atoms with Gasteiger partial charge in [-0.2, -0.15) is 13.2 Å². The smallest absolute Gasteiger partial charge is 0.419 e. The highest BCUT2D eigenvalue weighted by molar-refractivity contribution is 6.06. The van der Waals surface area contributed by atoms with Gasteiger partial charge in [0.15, 0.2) is 11.6 Å². The molecular weight excluding hydrogens is 230 g/mol. The molecule has 2 rings (SSSR count). The van der Waals surface area contributed by atoms with Gasteiger partial charge in [0, 0.05) is 5.56 Å². The minimum atomic E-state index is -4.78. The van der Waals surface area contributed by atoms with Crippen LogP contribution in [0.3, 0.4) is 0 Å². The summed E-state index contributed by atoms with van der Waals surface area (Å²) in [4.78, 5) is 0. The Labute approximate surface area is 86.9 Å². The van der Waals surface area contributed by atoms with Crippen LogP contribution in [0.25, 0.3) is 0 Å². The van der Waals surface area contributed by atoms with Crippen molar-refractivity contribution in [1.82, 2.24) is 0 Å². The summed E-state index contributed by atoms with van der Waals surface area (Å²) in [7, 11) is 0. The first-order valence-corrected chi connectivity index (χ1v) is 4.19. The number of hydrogen-bond acceptors (Lipinski definition) is 3. The molecule has 0 fully saturated rings. The normalized spacial score (nSPS) is 17.4. The van der Waals surface area contributed by atoms with Crippen LogP contribution in [-0.4, -0.2) is 17.5 Å². The molecule has 0 aliphatic carbocycles. The molecule has 0 radical (unpaired) electrons. The van der Waals surface area contributed by atoms with E-state index in [2.05, 4.69) is 5.16 Å². The summed E-state index contributed by atoms with van der Waals surface area (Å²) in [6, 6.07) is 1.61. The molecule has 1 heterocycles. The van der Waals surface area contributed by atoms with Crippen molar-refractivity contribution in [1.29, 1.82) is 0 Å². The number of hydrogen-bond donors (Lipinski definition) is 1. The molecule has 0 spiro atoms. The summed E-state index contributed by atoms with van der Waals surface area (Å²) in [5, 5.41) is 11.3. The lowest BCUT2D eigenvalue weighted by atomic mass is 10.1. The average molecular weight is 235 g/mol. The lowest BCUT2D eigenvalue weighted by Crippen LogP contribution is -2.08. The highest BCUT2D eigenvalue weighted by atomic mass is 19.4. The molecule has 1 N–H and O–H groups in total. The molecular formula is C9H5F4NO2. The number of oxime groups is 1. The van der Waals surface area contributed by atoms with E-state index in [0.717, 1.165) is 6.07 Å². The van der Waals surface area contributed by atoms with Crippen LogP contribution >= 0.6 is 0 Å². The maximum absolute atomic E-state index is 13.4. The number of nitrogens with zero attached hydrogens (tertiary/aromatic N) is 1. The first-order chi connectivity index (χ1) is 7.45. The topological polar surface area (TPSA) is 41.8 Å². The van der Waals surface area contributed by atoms with E-state index in [1.54, 1.807) is 0 Å². The maximum atomic E-state index is 13.4. The summed E-state index contributed by atoms with van der Waals surface area (Å²) in [5.41, 5.74) is -1.36. The fraction of sp³-hybridized carbons (Fsp3) is 0.222. The van der Waals surface area contributed by atoms with Crippen molar-refractivity contribution in [2.45, 2.75) is 6.18 Å². The highest BCUT2D eigenvalue weighted by Crippen LogP contribution is 2.38. The minimum absolute atomic E-state index is 0.00243. The van der Waals surface area contributed by atoms with E-state index < -0.39 is 23.3 Å². The molecule has 0 saturated carbocycles. The molecule has 1 aromatic carbocycles. The summed E-state index contributed by atoms with van der Waals surface area (Å²) < 4.78 is 55.1. The Morgan fingerprint density at radius 2 is 2.00 bits per heavy atom. The summed E-state index contributed by atoms with van der Waals surface area (Å²) in [6.45, 7) is -0.246. The minimum Gasteiger partial charge on any atom is -0.483 e. The van der Waals surface area contributed by atoms with Crippen molar-refractivity contribution >= 4 is 5.71 Å². The van der Waals surface area contributed by atoms with Crippen LogP contribution in [0.5, 0.6) is 5.75 Å². The molecule has 1 aliphatic rings. The van der Waals surface area contributed by atoms with Gasteiger partial charge >= 0.3 is 6.18 Å². The van der Waals surface area contributed by atoms with Crippen molar-refractivity contribution < 1.29 is 27.5 Å². The molecule has 16 heavy (non-hydrogen) atoms. The number of fused-ring (bicyclic) bond motifs is 1. The van der Waals surface area contributed by atoms with E-state index in [1.807, 2.05) is 0 Å². The lowest BCUT2D eigenvalue weighted by molar-refractivity contribution is -0.140. The van der Waals surface area contributed by atoms with Gasteiger partial charge in [-0.05, 0) is 12.1 Å². The molecule has 86 valence electrons. The Hall–Kier alpha value is -1.79. The average Bonchev–Trinajstić information content (AvgIpc) is 2.60. The Morgan fingerprint density at radius 1 is 1.31 bits per heavy atom. The Kier molecular flexibility index (Phi) is 2.25. The third kappa shape index (κ3) is 1.48. The Balaban J connectivity index is 2.60. The zero-order valence-corrected chi connectivity index (χ0v) is 7.68. The monoisotopic (exact) mass is 235 g/mol. The van der Waals surface area contributed by atoms with Gasteiger partial charge in [0.25, 0.3) is 0 Å².